The Hall–Kier alpha value is -0.840. The molecule has 18 heavy (non-hydrogen) atoms. The van der Waals surface area contributed by atoms with Gasteiger partial charge in [0.15, 0.2) is 0 Å². The van der Waals surface area contributed by atoms with Crippen molar-refractivity contribution in [2.45, 2.75) is 32.2 Å². The van der Waals surface area contributed by atoms with Crippen molar-refractivity contribution < 1.29 is 4.79 Å². The van der Waals surface area contributed by atoms with E-state index in [0.29, 0.717) is 0 Å². The van der Waals surface area contributed by atoms with Crippen molar-refractivity contribution in [1.82, 2.24) is 4.98 Å². The Morgan fingerprint density at radius 3 is 2.72 bits per heavy atom. The van der Waals surface area contributed by atoms with Crippen LogP contribution in [0.5, 0.6) is 0 Å². The SMILES string of the molecule is Cc1cc(NC(=O)C2CCCC2N)ccn1.Cl.Cl. The van der Waals surface area contributed by atoms with Crippen LogP contribution in [0.15, 0.2) is 18.3 Å². The summed E-state index contributed by atoms with van der Waals surface area (Å²) in [5.74, 6) is 0.00377. The first kappa shape index (κ1) is 17.2. The lowest BCUT2D eigenvalue weighted by Crippen LogP contribution is -2.34. The van der Waals surface area contributed by atoms with Crippen LogP contribution in [0.25, 0.3) is 0 Å². The summed E-state index contributed by atoms with van der Waals surface area (Å²) >= 11 is 0. The molecule has 0 bridgehead atoms. The van der Waals surface area contributed by atoms with Gasteiger partial charge < -0.3 is 11.1 Å². The van der Waals surface area contributed by atoms with Crippen molar-refractivity contribution in [3.8, 4) is 0 Å². The summed E-state index contributed by atoms with van der Waals surface area (Å²) < 4.78 is 0. The maximum Gasteiger partial charge on any atom is 0.229 e. The molecule has 102 valence electrons. The van der Waals surface area contributed by atoms with E-state index in [0.717, 1.165) is 30.6 Å². The quantitative estimate of drug-likeness (QED) is 0.879. The topological polar surface area (TPSA) is 68.0 Å². The molecule has 6 heteroatoms. The van der Waals surface area contributed by atoms with Crippen LogP contribution < -0.4 is 11.1 Å². The predicted octanol–water partition coefficient (Wildman–Crippen LogP) is 2.30. The molecule has 1 heterocycles. The van der Waals surface area contributed by atoms with Gasteiger partial charge in [0.2, 0.25) is 5.91 Å². The molecule has 3 N–H and O–H groups in total. The average molecular weight is 292 g/mol. The van der Waals surface area contributed by atoms with Gasteiger partial charge in [0, 0.05) is 23.6 Å². The first-order chi connectivity index (χ1) is 7.66. The van der Waals surface area contributed by atoms with Gasteiger partial charge in [0.25, 0.3) is 0 Å². The average Bonchev–Trinajstić information content (AvgIpc) is 2.64. The smallest absolute Gasteiger partial charge is 0.229 e. The number of nitrogens with one attached hydrogen (secondary N) is 1. The summed E-state index contributed by atoms with van der Waals surface area (Å²) in [5.41, 5.74) is 7.59. The lowest BCUT2D eigenvalue weighted by Gasteiger charge is -2.15. The van der Waals surface area contributed by atoms with Gasteiger partial charge in [-0.25, -0.2) is 0 Å². The maximum atomic E-state index is 11.9. The third-order valence-electron chi connectivity index (χ3n) is 3.07. The maximum absolute atomic E-state index is 11.9. The second-order valence-corrected chi connectivity index (χ2v) is 4.38. The number of nitrogens with zero attached hydrogens (tertiary/aromatic N) is 1. The number of anilines is 1. The van der Waals surface area contributed by atoms with Crippen LogP contribution in [-0.2, 0) is 4.79 Å². The Labute approximate surface area is 120 Å². The summed E-state index contributed by atoms with van der Waals surface area (Å²) in [5, 5.41) is 2.90. The highest BCUT2D eigenvalue weighted by molar-refractivity contribution is 5.93. The fraction of sp³-hybridized carbons (Fsp3) is 0.500. The summed E-state index contributed by atoms with van der Waals surface area (Å²) in [6.45, 7) is 1.90. The molecule has 2 rings (SSSR count). The molecule has 1 aliphatic carbocycles. The minimum atomic E-state index is -0.0338. The molecular weight excluding hydrogens is 273 g/mol. The van der Waals surface area contributed by atoms with Gasteiger partial charge in [-0.15, -0.1) is 24.8 Å². The van der Waals surface area contributed by atoms with Crippen molar-refractivity contribution in [3.63, 3.8) is 0 Å². The van der Waals surface area contributed by atoms with Gasteiger partial charge in [-0.3, -0.25) is 9.78 Å². The minimum Gasteiger partial charge on any atom is -0.327 e. The van der Waals surface area contributed by atoms with Gasteiger partial charge >= 0.3 is 0 Å². The third-order valence-corrected chi connectivity index (χ3v) is 3.07. The van der Waals surface area contributed by atoms with Gasteiger partial charge in [0.05, 0.1) is 5.92 Å². The molecule has 0 radical (unpaired) electrons. The van der Waals surface area contributed by atoms with Crippen molar-refractivity contribution in [2.75, 3.05) is 5.32 Å². The molecule has 0 spiro atoms. The Morgan fingerprint density at radius 1 is 1.44 bits per heavy atom. The van der Waals surface area contributed by atoms with Crippen LogP contribution in [0.4, 0.5) is 5.69 Å². The van der Waals surface area contributed by atoms with Crippen molar-refractivity contribution in [1.29, 1.82) is 0 Å². The third kappa shape index (κ3) is 4.12. The fourth-order valence-electron chi connectivity index (χ4n) is 2.17. The molecule has 2 atom stereocenters. The number of carbonyl (C=O) groups is 1. The van der Waals surface area contributed by atoms with Crippen LogP contribution in [-0.4, -0.2) is 16.9 Å². The van der Waals surface area contributed by atoms with E-state index in [9.17, 15) is 4.79 Å². The number of aryl methyl sites for hydroxylation is 1. The zero-order valence-electron chi connectivity index (χ0n) is 10.3. The minimum absolute atomic E-state index is 0. The van der Waals surface area contributed by atoms with E-state index in [2.05, 4.69) is 10.3 Å². The second-order valence-electron chi connectivity index (χ2n) is 4.38. The molecule has 1 saturated carbocycles. The molecule has 2 unspecified atom stereocenters. The Balaban J connectivity index is 0.00000144. The number of halogens is 2. The first-order valence-corrected chi connectivity index (χ1v) is 5.66. The monoisotopic (exact) mass is 291 g/mol. The highest BCUT2D eigenvalue weighted by Gasteiger charge is 2.30. The van der Waals surface area contributed by atoms with E-state index in [4.69, 9.17) is 5.73 Å². The molecule has 0 aliphatic heterocycles. The summed E-state index contributed by atoms with van der Waals surface area (Å²) in [4.78, 5) is 16.0. The Kier molecular flexibility index (Phi) is 7.21. The molecule has 1 aromatic rings. The van der Waals surface area contributed by atoms with E-state index in [1.807, 2.05) is 13.0 Å². The van der Waals surface area contributed by atoms with E-state index < -0.39 is 0 Å². The van der Waals surface area contributed by atoms with Gasteiger partial charge in [-0.05, 0) is 31.9 Å². The van der Waals surface area contributed by atoms with E-state index >= 15 is 0 Å². The lowest BCUT2D eigenvalue weighted by atomic mass is 10.0. The lowest BCUT2D eigenvalue weighted by molar-refractivity contribution is -0.120. The molecule has 1 fully saturated rings. The number of carbonyl (C=O) groups excluding carboxylic acids is 1. The van der Waals surface area contributed by atoms with Crippen LogP contribution in [0, 0.1) is 12.8 Å². The van der Waals surface area contributed by atoms with Gasteiger partial charge in [0.1, 0.15) is 0 Å². The van der Waals surface area contributed by atoms with E-state index in [1.165, 1.54) is 0 Å². The van der Waals surface area contributed by atoms with Crippen molar-refractivity contribution >= 4 is 36.4 Å². The number of nitrogens with two attached hydrogens (primary N) is 1. The van der Waals surface area contributed by atoms with Gasteiger partial charge in [-0.1, -0.05) is 6.42 Å². The van der Waals surface area contributed by atoms with E-state index in [1.54, 1.807) is 12.3 Å². The summed E-state index contributed by atoms with van der Waals surface area (Å²) in [7, 11) is 0. The van der Waals surface area contributed by atoms with Crippen LogP contribution >= 0.6 is 24.8 Å². The summed E-state index contributed by atoms with van der Waals surface area (Å²) in [6, 6.07) is 3.67. The number of amides is 1. The van der Waals surface area contributed by atoms with E-state index in [-0.39, 0.29) is 42.7 Å². The molecule has 0 aromatic carbocycles. The fourth-order valence-corrected chi connectivity index (χ4v) is 2.17. The first-order valence-electron chi connectivity index (χ1n) is 5.66. The predicted molar refractivity (Wildman–Crippen MR) is 77.4 cm³/mol. The zero-order chi connectivity index (χ0) is 11.5. The highest BCUT2D eigenvalue weighted by atomic mass is 35.5. The second kappa shape index (κ2) is 7.56. The molecule has 1 amide bonds. The molecule has 4 nitrogen and oxygen atoms in total. The van der Waals surface area contributed by atoms with Crippen molar-refractivity contribution in [3.05, 3.63) is 24.0 Å². The Bertz CT molecular complexity index is 401. The number of pyridine rings is 1. The van der Waals surface area contributed by atoms with Crippen molar-refractivity contribution in [2.24, 2.45) is 11.7 Å². The number of hydrogen-bond donors (Lipinski definition) is 2. The number of aromatic nitrogens is 1. The normalized spacial score (nSPS) is 21.7. The van der Waals surface area contributed by atoms with Gasteiger partial charge in [-0.2, -0.15) is 0 Å². The van der Waals surface area contributed by atoms with Crippen LogP contribution in [0.2, 0.25) is 0 Å². The summed E-state index contributed by atoms with van der Waals surface area (Å²) in [6.07, 6.45) is 4.60. The molecule has 0 saturated heterocycles. The number of hydrogen-bond acceptors (Lipinski definition) is 3. The molecular formula is C12H19Cl2N3O. The largest absolute Gasteiger partial charge is 0.327 e. The molecule has 1 aromatic heterocycles. The molecule has 1 aliphatic rings. The Morgan fingerprint density at radius 2 is 2.17 bits per heavy atom. The van der Waals surface area contributed by atoms with Crippen LogP contribution in [0.1, 0.15) is 25.0 Å². The highest BCUT2D eigenvalue weighted by Crippen LogP contribution is 2.25. The standard InChI is InChI=1S/C12H17N3O.2ClH/c1-8-7-9(5-6-14-8)15-12(16)10-3-2-4-11(10)13;;/h5-7,10-11H,2-4,13H2,1H3,(H,14,15,16);2*1H. The zero-order valence-corrected chi connectivity index (χ0v) is 11.9. The van der Waals surface area contributed by atoms with Crippen LogP contribution in [0.3, 0.4) is 0 Å². The number of rotatable bonds is 2.